The number of benzene rings is 4. The molecular weight excluding hydrogens is 686 g/mol. The van der Waals surface area contributed by atoms with Gasteiger partial charge in [0.15, 0.2) is 17.3 Å². The van der Waals surface area contributed by atoms with Crippen LogP contribution in [0.2, 0.25) is 0 Å². The highest BCUT2D eigenvalue weighted by atomic mass is 79.9. The number of hydrogen-bond donors (Lipinski definition) is 0. The lowest BCUT2D eigenvalue weighted by Crippen LogP contribution is -2.20. The van der Waals surface area contributed by atoms with E-state index >= 15 is 0 Å². The summed E-state index contributed by atoms with van der Waals surface area (Å²) in [6.45, 7) is 6.68. The second-order valence-electron chi connectivity index (χ2n) is 9.96. The standard InChI is InChI=1S/C35H27Br2N3O4/c1-3-7-24-16-23(17-31(42-4-2)33(24)43-21-22-10-12-26(36)13-11-22)20-38-40-34(39-29-9-6-5-8-28(29)35(40)41)32-19-25-18-27(37)14-15-30(25)44-32/h3,5-6,8-20H,1,4,7,21H2,2H3. The minimum atomic E-state index is -0.311. The lowest BCUT2D eigenvalue weighted by molar-refractivity contribution is 0.267. The van der Waals surface area contributed by atoms with Gasteiger partial charge in [0.1, 0.15) is 12.2 Å². The summed E-state index contributed by atoms with van der Waals surface area (Å²) < 4.78 is 21.6. The highest BCUT2D eigenvalue weighted by Crippen LogP contribution is 2.35. The van der Waals surface area contributed by atoms with Gasteiger partial charge in [0.2, 0.25) is 5.82 Å². The second-order valence-corrected chi connectivity index (χ2v) is 11.8. The lowest BCUT2D eigenvalue weighted by atomic mass is 10.1. The van der Waals surface area contributed by atoms with Crippen LogP contribution in [-0.2, 0) is 13.0 Å². The molecule has 4 aromatic carbocycles. The van der Waals surface area contributed by atoms with Crippen LogP contribution in [-0.4, -0.2) is 22.5 Å². The fraction of sp³-hybridized carbons (Fsp3) is 0.114. The topological polar surface area (TPSA) is 78.9 Å². The van der Waals surface area contributed by atoms with Crippen LogP contribution in [0.1, 0.15) is 23.6 Å². The lowest BCUT2D eigenvalue weighted by Gasteiger charge is -2.17. The molecule has 6 aromatic rings. The first-order valence-corrected chi connectivity index (χ1v) is 15.6. The van der Waals surface area contributed by atoms with Crippen LogP contribution in [0.5, 0.6) is 11.5 Å². The van der Waals surface area contributed by atoms with Crippen molar-refractivity contribution < 1.29 is 13.9 Å². The van der Waals surface area contributed by atoms with Gasteiger partial charge in [-0.25, -0.2) is 4.98 Å². The summed E-state index contributed by atoms with van der Waals surface area (Å²) in [7, 11) is 0. The van der Waals surface area contributed by atoms with E-state index in [1.807, 2.05) is 79.7 Å². The number of ether oxygens (including phenoxy) is 2. The number of rotatable bonds is 10. The third-order valence-electron chi connectivity index (χ3n) is 6.89. The number of aromatic nitrogens is 2. The van der Waals surface area contributed by atoms with Crippen molar-refractivity contribution in [3.63, 3.8) is 0 Å². The van der Waals surface area contributed by atoms with Gasteiger partial charge >= 0.3 is 0 Å². The largest absolute Gasteiger partial charge is 0.490 e. The Labute approximate surface area is 270 Å². The van der Waals surface area contributed by atoms with Gasteiger partial charge in [0.25, 0.3) is 5.56 Å². The Balaban J connectivity index is 1.43. The van der Waals surface area contributed by atoms with Crippen LogP contribution >= 0.6 is 31.9 Å². The molecule has 0 saturated carbocycles. The number of para-hydroxylation sites is 1. The van der Waals surface area contributed by atoms with Crippen LogP contribution in [0, 0.1) is 0 Å². The van der Waals surface area contributed by atoms with Crippen molar-refractivity contribution in [1.29, 1.82) is 0 Å². The summed E-state index contributed by atoms with van der Waals surface area (Å²) in [5.74, 6) is 1.95. The molecule has 7 nitrogen and oxygen atoms in total. The number of furan rings is 1. The Morgan fingerprint density at radius 1 is 0.977 bits per heavy atom. The molecule has 44 heavy (non-hydrogen) atoms. The van der Waals surface area contributed by atoms with Gasteiger partial charge in [-0.15, -0.1) is 6.58 Å². The van der Waals surface area contributed by atoms with Crippen LogP contribution < -0.4 is 15.0 Å². The molecule has 0 aliphatic carbocycles. The highest BCUT2D eigenvalue weighted by molar-refractivity contribution is 9.10. The molecule has 0 bridgehead atoms. The smallest absolute Gasteiger partial charge is 0.282 e. The van der Waals surface area contributed by atoms with Crippen LogP contribution in [0.15, 0.2) is 121 Å². The molecule has 0 spiro atoms. The number of hydrogen-bond acceptors (Lipinski definition) is 6. The van der Waals surface area contributed by atoms with E-state index in [4.69, 9.17) is 18.9 Å². The first-order chi connectivity index (χ1) is 21.4. The van der Waals surface area contributed by atoms with E-state index in [2.05, 4.69) is 43.5 Å². The Hall–Kier alpha value is -4.47. The fourth-order valence-corrected chi connectivity index (χ4v) is 5.51. The van der Waals surface area contributed by atoms with E-state index in [0.717, 1.165) is 31.0 Å². The predicted octanol–water partition coefficient (Wildman–Crippen LogP) is 8.92. The minimum absolute atomic E-state index is 0.295. The van der Waals surface area contributed by atoms with E-state index < -0.39 is 0 Å². The molecular formula is C35H27Br2N3O4. The van der Waals surface area contributed by atoms with Crippen molar-refractivity contribution in [2.45, 2.75) is 20.0 Å². The number of fused-ring (bicyclic) bond motifs is 2. The van der Waals surface area contributed by atoms with E-state index in [9.17, 15) is 4.79 Å². The van der Waals surface area contributed by atoms with Crippen LogP contribution in [0.25, 0.3) is 33.5 Å². The third kappa shape index (κ3) is 6.25. The summed E-state index contributed by atoms with van der Waals surface area (Å²) in [5, 5.41) is 5.97. The van der Waals surface area contributed by atoms with Crippen molar-refractivity contribution in [2.75, 3.05) is 6.61 Å². The molecule has 0 fully saturated rings. The predicted molar refractivity (Wildman–Crippen MR) is 182 cm³/mol. The maximum absolute atomic E-state index is 13.7. The molecule has 220 valence electrons. The molecule has 0 amide bonds. The van der Waals surface area contributed by atoms with Crippen molar-refractivity contribution in [2.24, 2.45) is 5.10 Å². The van der Waals surface area contributed by atoms with E-state index in [1.54, 1.807) is 24.4 Å². The van der Waals surface area contributed by atoms with Gasteiger partial charge in [-0.2, -0.15) is 9.78 Å². The zero-order valence-corrected chi connectivity index (χ0v) is 27.0. The molecule has 0 aliphatic rings. The Morgan fingerprint density at radius 3 is 2.57 bits per heavy atom. The Morgan fingerprint density at radius 2 is 1.77 bits per heavy atom. The average molecular weight is 713 g/mol. The molecule has 0 N–H and O–H groups in total. The molecule has 9 heteroatoms. The number of allylic oxidation sites excluding steroid dienone is 1. The normalized spacial score (nSPS) is 11.4. The zero-order chi connectivity index (χ0) is 30.6. The van der Waals surface area contributed by atoms with Crippen LogP contribution in [0.3, 0.4) is 0 Å². The van der Waals surface area contributed by atoms with Crippen molar-refractivity contribution >= 4 is 59.9 Å². The van der Waals surface area contributed by atoms with Crippen molar-refractivity contribution in [3.05, 3.63) is 134 Å². The Kier molecular flexibility index (Phi) is 8.77. The zero-order valence-electron chi connectivity index (χ0n) is 23.8. The van der Waals surface area contributed by atoms with Gasteiger partial charge in [-0.1, -0.05) is 62.2 Å². The molecule has 0 atom stereocenters. The monoisotopic (exact) mass is 711 g/mol. The summed E-state index contributed by atoms with van der Waals surface area (Å²) in [6, 6.07) is 26.6. The summed E-state index contributed by atoms with van der Waals surface area (Å²) in [5.41, 5.74) is 3.56. The first-order valence-electron chi connectivity index (χ1n) is 14.0. The van der Waals surface area contributed by atoms with Crippen molar-refractivity contribution in [1.82, 2.24) is 9.66 Å². The summed E-state index contributed by atoms with van der Waals surface area (Å²) in [4.78, 5) is 18.5. The van der Waals surface area contributed by atoms with E-state index in [0.29, 0.717) is 59.2 Å². The highest BCUT2D eigenvalue weighted by Gasteiger charge is 2.18. The maximum atomic E-state index is 13.7. The molecule has 0 unspecified atom stereocenters. The van der Waals surface area contributed by atoms with Gasteiger partial charge in [-0.3, -0.25) is 4.79 Å². The maximum Gasteiger partial charge on any atom is 0.282 e. The average Bonchev–Trinajstić information content (AvgIpc) is 3.44. The van der Waals surface area contributed by atoms with Crippen LogP contribution in [0.4, 0.5) is 0 Å². The summed E-state index contributed by atoms with van der Waals surface area (Å²) >= 11 is 6.98. The molecule has 6 rings (SSSR count). The molecule has 2 heterocycles. The molecule has 0 radical (unpaired) electrons. The molecule has 0 saturated heterocycles. The molecule has 2 aromatic heterocycles. The number of halogens is 2. The number of nitrogens with zero attached hydrogens (tertiary/aromatic N) is 3. The fourth-order valence-electron chi connectivity index (χ4n) is 4.87. The van der Waals surface area contributed by atoms with Gasteiger partial charge in [0, 0.05) is 19.9 Å². The SMILES string of the molecule is C=CCc1cc(C=Nn2c(-c3cc4cc(Br)ccc4o3)nc3ccccc3c2=O)cc(OCC)c1OCc1ccc(Br)cc1. The molecule has 0 aliphatic heterocycles. The summed E-state index contributed by atoms with van der Waals surface area (Å²) in [6.07, 6.45) is 3.98. The van der Waals surface area contributed by atoms with E-state index in [1.165, 1.54) is 4.68 Å². The minimum Gasteiger partial charge on any atom is -0.490 e. The second kappa shape index (κ2) is 13.0. The van der Waals surface area contributed by atoms with Gasteiger partial charge in [0.05, 0.1) is 23.7 Å². The van der Waals surface area contributed by atoms with Crippen molar-refractivity contribution in [3.8, 4) is 23.1 Å². The quantitative estimate of drug-likeness (QED) is 0.105. The van der Waals surface area contributed by atoms with Gasteiger partial charge in [-0.05, 0) is 85.1 Å². The van der Waals surface area contributed by atoms with Gasteiger partial charge < -0.3 is 13.9 Å². The third-order valence-corrected chi connectivity index (χ3v) is 7.91. The first kappa shape index (κ1) is 29.6. The Bertz CT molecular complexity index is 2080. The van der Waals surface area contributed by atoms with E-state index in [-0.39, 0.29) is 5.56 Å².